The van der Waals surface area contributed by atoms with Gasteiger partial charge >= 0.3 is 0 Å². The minimum atomic E-state index is -0.291. The summed E-state index contributed by atoms with van der Waals surface area (Å²) < 4.78 is 14.7. The molecule has 140 valence electrons. The lowest BCUT2D eigenvalue weighted by molar-refractivity contribution is 0.600. The maximum atomic E-state index is 14.7. The average Bonchev–Trinajstić information content (AvgIpc) is 2.71. The molecule has 5 heteroatoms. The summed E-state index contributed by atoms with van der Waals surface area (Å²) in [5, 5.41) is 4.79. The highest BCUT2D eigenvalue weighted by Crippen LogP contribution is 2.34. The van der Waals surface area contributed by atoms with Gasteiger partial charge in [0, 0.05) is 34.6 Å². The Bertz CT molecular complexity index is 1160. The summed E-state index contributed by atoms with van der Waals surface area (Å²) in [6, 6.07) is 16.5. The molecule has 0 bridgehead atoms. The number of hydrogen-bond acceptors (Lipinski definition) is 3. The average molecular weight is 392 g/mol. The first kappa shape index (κ1) is 18.4. The van der Waals surface area contributed by atoms with Crippen molar-refractivity contribution in [2.75, 3.05) is 5.32 Å². The van der Waals surface area contributed by atoms with Crippen molar-refractivity contribution in [2.24, 2.45) is 0 Å². The van der Waals surface area contributed by atoms with Crippen molar-refractivity contribution >= 4 is 28.2 Å². The molecule has 2 heterocycles. The Hall–Kier alpha value is -2.98. The second kappa shape index (κ2) is 7.56. The van der Waals surface area contributed by atoms with Gasteiger partial charge in [0.25, 0.3) is 0 Å². The van der Waals surface area contributed by atoms with Crippen LogP contribution < -0.4 is 5.32 Å². The van der Waals surface area contributed by atoms with E-state index in [1.807, 2.05) is 56.3 Å². The predicted octanol–water partition coefficient (Wildman–Crippen LogP) is 6.57. The Balaban J connectivity index is 1.73. The number of halogens is 2. The van der Waals surface area contributed by atoms with Crippen LogP contribution >= 0.6 is 11.6 Å². The summed E-state index contributed by atoms with van der Waals surface area (Å²) in [6.07, 6.45) is 3.37. The number of nitrogens with zero attached hydrogens (tertiary/aromatic N) is 2. The van der Waals surface area contributed by atoms with E-state index >= 15 is 0 Å². The lowest BCUT2D eigenvalue weighted by Crippen LogP contribution is -2.10. The molecule has 2 aromatic heterocycles. The smallest absolute Gasteiger partial charge is 0.128 e. The summed E-state index contributed by atoms with van der Waals surface area (Å²) in [6.45, 7) is 3.87. The van der Waals surface area contributed by atoms with E-state index in [1.165, 1.54) is 6.07 Å². The molecule has 1 atom stereocenters. The number of nitrogens with one attached hydrogen (secondary N) is 1. The molecule has 28 heavy (non-hydrogen) atoms. The molecule has 3 nitrogen and oxygen atoms in total. The van der Waals surface area contributed by atoms with Crippen LogP contribution in [0.2, 0.25) is 5.02 Å². The molecule has 1 N–H and O–H groups in total. The second-order valence-electron chi connectivity index (χ2n) is 6.74. The molecular weight excluding hydrogens is 373 g/mol. The molecule has 0 saturated carbocycles. The van der Waals surface area contributed by atoms with Crippen LogP contribution in [-0.2, 0) is 0 Å². The highest BCUT2D eigenvalue weighted by atomic mass is 35.5. The third kappa shape index (κ3) is 3.43. The van der Waals surface area contributed by atoms with Crippen LogP contribution in [0.25, 0.3) is 22.0 Å². The number of pyridine rings is 2. The monoisotopic (exact) mass is 391 g/mol. The molecule has 0 spiro atoms. The van der Waals surface area contributed by atoms with Gasteiger partial charge in [-0.2, -0.15) is 0 Å². The number of rotatable bonds is 4. The van der Waals surface area contributed by atoms with Crippen LogP contribution in [0, 0.1) is 12.7 Å². The largest absolute Gasteiger partial charge is 0.377 e. The van der Waals surface area contributed by atoms with E-state index in [4.69, 9.17) is 11.6 Å². The Kier molecular flexibility index (Phi) is 4.97. The zero-order valence-electron chi connectivity index (χ0n) is 15.6. The number of aromatic nitrogens is 2. The van der Waals surface area contributed by atoms with Crippen LogP contribution in [0.3, 0.4) is 0 Å². The van der Waals surface area contributed by atoms with Gasteiger partial charge in [0.05, 0.1) is 22.3 Å². The fourth-order valence-electron chi connectivity index (χ4n) is 3.39. The van der Waals surface area contributed by atoms with Crippen molar-refractivity contribution < 1.29 is 4.39 Å². The van der Waals surface area contributed by atoms with Crippen LogP contribution in [0.15, 0.2) is 67.0 Å². The second-order valence-corrected chi connectivity index (χ2v) is 7.14. The minimum Gasteiger partial charge on any atom is -0.377 e. The lowest BCUT2D eigenvalue weighted by Gasteiger charge is -2.20. The summed E-state index contributed by atoms with van der Waals surface area (Å²) in [4.78, 5) is 8.68. The fraction of sp³-hybridized carbons (Fsp3) is 0.130. The standard InChI is InChI=1S/C23H19ClFN3/c1-14-17(7-5-11-26-14)16-9-10-21(25)19(12-16)15(2)28-23-18-6-3-4-8-22(18)27-13-20(23)24/h3-13,15H,1-2H3,(H,27,28). The van der Waals surface area contributed by atoms with Gasteiger partial charge in [-0.3, -0.25) is 9.97 Å². The molecule has 0 fully saturated rings. The van der Waals surface area contributed by atoms with Gasteiger partial charge in [0.15, 0.2) is 0 Å². The highest BCUT2D eigenvalue weighted by molar-refractivity contribution is 6.34. The van der Waals surface area contributed by atoms with Crippen molar-refractivity contribution in [1.82, 2.24) is 9.97 Å². The zero-order chi connectivity index (χ0) is 19.7. The maximum absolute atomic E-state index is 14.7. The van der Waals surface area contributed by atoms with Crippen LogP contribution in [0.1, 0.15) is 24.2 Å². The van der Waals surface area contributed by atoms with E-state index in [1.54, 1.807) is 18.5 Å². The van der Waals surface area contributed by atoms with Crippen molar-refractivity contribution in [3.8, 4) is 11.1 Å². The third-order valence-corrected chi connectivity index (χ3v) is 5.16. The lowest BCUT2D eigenvalue weighted by atomic mass is 9.98. The number of hydrogen-bond donors (Lipinski definition) is 1. The van der Waals surface area contributed by atoms with Crippen LogP contribution in [0.4, 0.5) is 10.1 Å². The first-order chi connectivity index (χ1) is 13.5. The van der Waals surface area contributed by atoms with Gasteiger partial charge in [-0.05, 0) is 43.7 Å². The summed E-state index contributed by atoms with van der Waals surface area (Å²) in [5.41, 5.74) is 4.98. The van der Waals surface area contributed by atoms with E-state index in [2.05, 4.69) is 15.3 Å². The van der Waals surface area contributed by atoms with Crippen molar-refractivity contribution in [2.45, 2.75) is 19.9 Å². The summed E-state index contributed by atoms with van der Waals surface area (Å²) in [5.74, 6) is -0.264. The van der Waals surface area contributed by atoms with Gasteiger partial charge < -0.3 is 5.32 Å². The third-order valence-electron chi connectivity index (χ3n) is 4.87. The minimum absolute atomic E-state index is 0.264. The predicted molar refractivity (Wildman–Crippen MR) is 113 cm³/mol. The molecule has 0 aliphatic heterocycles. The fourth-order valence-corrected chi connectivity index (χ4v) is 3.60. The van der Waals surface area contributed by atoms with Gasteiger partial charge in [-0.25, -0.2) is 4.39 Å². The highest BCUT2D eigenvalue weighted by Gasteiger charge is 2.16. The topological polar surface area (TPSA) is 37.8 Å². The van der Waals surface area contributed by atoms with Crippen LogP contribution in [-0.4, -0.2) is 9.97 Å². The molecule has 0 amide bonds. The Morgan fingerprint density at radius 2 is 1.86 bits per heavy atom. The van der Waals surface area contributed by atoms with Crippen molar-refractivity contribution in [3.63, 3.8) is 0 Å². The first-order valence-corrected chi connectivity index (χ1v) is 9.43. The normalized spacial score (nSPS) is 12.1. The molecule has 1 unspecified atom stereocenters. The number of fused-ring (bicyclic) bond motifs is 1. The molecule has 0 saturated heterocycles. The molecule has 2 aromatic carbocycles. The number of aryl methyl sites for hydroxylation is 1. The maximum Gasteiger partial charge on any atom is 0.128 e. The Morgan fingerprint density at radius 1 is 1.04 bits per heavy atom. The zero-order valence-corrected chi connectivity index (χ0v) is 16.3. The van der Waals surface area contributed by atoms with E-state index in [9.17, 15) is 4.39 Å². The van der Waals surface area contributed by atoms with Crippen molar-refractivity contribution in [1.29, 1.82) is 0 Å². The van der Waals surface area contributed by atoms with Gasteiger partial charge in [-0.15, -0.1) is 0 Å². The molecule has 4 rings (SSSR count). The van der Waals surface area contributed by atoms with E-state index in [-0.39, 0.29) is 11.9 Å². The van der Waals surface area contributed by atoms with Crippen LogP contribution in [0.5, 0.6) is 0 Å². The summed E-state index contributed by atoms with van der Waals surface area (Å²) >= 11 is 6.40. The number of para-hydroxylation sites is 1. The molecule has 0 aliphatic carbocycles. The number of benzene rings is 2. The van der Waals surface area contributed by atoms with Crippen molar-refractivity contribution in [3.05, 3.63) is 89.1 Å². The molecule has 0 aliphatic rings. The molecule has 4 aromatic rings. The first-order valence-electron chi connectivity index (χ1n) is 9.06. The van der Waals surface area contributed by atoms with Gasteiger partial charge in [-0.1, -0.05) is 41.9 Å². The number of anilines is 1. The quantitative estimate of drug-likeness (QED) is 0.427. The van der Waals surface area contributed by atoms with Gasteiger partial charge in [0.2, 0.25) is 0 Å². The SMILES string of the molecule is Cc1ncccc1-c1ccc(F)c(C(C)Nc2c(Cl)cnc3ccccc23)c1. The molecular formula is C23H19ClFN3. The van der Waals surface area contributed by atoms with E-state index in [0.29, 0.717) is 10.6 Å². The Labute approximate surface area is 168 Å². The molecule has 0 radical (unpaired) electrons. The van der Waals surface area contributed by atoms with E-state index in [0.717, 1.165) is 33.4 Å². The summed E-state index contributed by atoms with van der Waals surface area (Å²) in [7, 11) is 0. The Morgan fingerprint density at radius 3 is 2.68 bits per heavy atom. The van der Waals surface area contributed by atoms with E-state index < -0.39 is 0 Å². The van der Waals surface area contributed by atoms with Gasteiger partial charge in [0.1, 0.15) is 5.82 Å².